The second kappa shape index (κ2) is 6.01. The molecule has 0 amide bonds. The summed E-state index contributed by atoms with van der Waals surface area (Å²) < 4.78 is 1.33. The molecule has 1 unspecified atom stereocenters. The van der Waals surface area contributed by atoms with Crippen molar-refractivity contribution in [2.24, 2.45) is 5.92 Å². The molecule has 1 aliphatic rings. The van der Waals surface area contributed by atoms with Gasteiger partial charge in [-0.1, -0.05) is 19.1 Å². The first-order chi connectivity index (χ1) is 7.79. The largest absolute Gasteiger partial charge is 0.314 e. The quantitative estimate of drug-likeness (QED) is 0.786. The van der Waals surface area contributed by atoms with Gasteiger partial charge in [-0.05, 0) is 78.4 Å². The number of halogens is 1. The van der Waals surface area contributed by atoms with Crippen LogP contribution in [-0.2, 0) is 6.42 Å². The van der Waals surface area contributed by atoms with Gasteiger partial charge in [0.25, 0.3) is 0 Å². The third kappa shape index (κ3) is 3.74. The highest BCUT2D eigenvalue weighted by atomic mass is 127. The molecule has 0 saturated heterocycles. The highest BCUT2D eigenvalue weighted by molar-refractivity contribution is 14.1. The van der Waals surface area contributed by atoms with E-state index in [1.54, 1.807) is 0 Å². The summed E-state index contributed by atoms with van der Waals surface area (Å²) in [5.74, 6) is 0.962. The maximum Gasteiger partial charge on any atom is 0.0130 e. The summed E-state index contributed by atoms with van der Waals surface area (Å²) in [6.07, 6.45) is 5.37. The van der Waals surface area contributed by atoms with E-state index in [9.17, 15) is 0 Å². The third-order valence-electron chi connectivity index (χ3n) is 3.31. The molecule has 1 fully saturated rings. The average molecular weight is 329 g/mol. The lowest BCUT2D eigenvalue weighted by molar-refractivity contribution is 0.446. The van der Waals surface area contributed by atoms with Gasteiger partial charge < -0.3 is 5.32 Å². The zero-order chi connectivity index (χ0) is 11.4. The molecule has 2 heteroatoms. The van der Waals surface area contributed by atoms with Crippen molar-refractivity contribution in [2.75, 3.05) is 6.54 Å². The van der Waals surface area contributed by atoms with Crippen LogP contribution in [0.5, 0.6) is 0 Å². The first kappa shape index (κ1) is 12.4. The molecule has 1 aromatic carbocycles. The fourth-order valence-corrected chi connectivity index (χ4v) is 2.60. The molecule has 1 N–H and O–H groups in total. The van der Waals surface area contributed by atoms with Crippen LogP contribution in [-0.4, -0.2) is 12.6 Å². The van der Waals surface area contributed by atoms with Crippen LogP contribution in [0.25, 0.3) is 0 Å². The summed E-state index contributed by atoms with van der Waals surface area (Å²) in [6.45, 7) is 3.31. The van der Waals surface area contributed by atoms with Crippen molar-refractivity contribution in [3.63, 3.8) is 0 Å². The van der Waals surface area contributed by atoms with E-state index in [0.717, 1.165) is 18.5 Å². The van der Waals surface area contributed by atoms with Crippen molar-refractivity contribution in [1.82, 2.24) is 5.32 Å². The Balaban J connectivity index is 1.82. The lowest BCUT2D eigenvalue weighted by Gasteiger charge is -2.17. The van der Waals surface area contributed by atoms with Crippen molar-refractivity contribution in [2.45, 2.75) is 38.6 Å². The molecule has 1 atom stereocenters. The molecule has 0 aromatic heterocycles. The second-order valence-corrected chi connectivity index (χ2v) is 5.91. The first-order valence-corrected chi connectivity index (χ1v) is 7.35. The molecular formula is C14H20IN. The van der Waals surface area contributed by atoms with Crippen molar-refractivity contribution < 1.29 is 0 Å². The molecule has 0 aliphatic heterocycles. The van der Waals surface area contributed by atoms with Crippen molar-refractivity contribution in [1.29, 1.82) is 0 Å². The first-order valence-electron chi connectivity index (χ1n) is 6.27. The Morgan fingerprint density at radius 3 is 2.56 bits per heavy atom. The lowest BCUT2D eigenvalue weighted by Crippen LogP contribution is -2.31. The van der Waals surface area contributed by atoms with Crippen LogP contribution in [0, 0.1) is 9.49 Å². The van der Waals surface area contributed by atoms with E-state index >= 15 is 0 Å². The summed E-state index contributed by atoms with van der Waals surface area (Å²) in [5, 5.41) is 3.62. The van der Waals surface area contributed by atoms with Crippen LogP contribution in [0.15, 0.2) is 24.3 Å². The average Bonchev–Trinajstić information content (AvgIpc) is 3.10. The van der Waals surface area contributed by atoms with Gasteiger partial charge in [0.05, 0.1) is 0 Å². The van der Waals surface area contributed by atoms with Gasteiger partial charge in [-0.15, -0.1) is 0 Å². The zero-order valence-electron chi connectivity index (χ0n) is 9.88. The van der Waals surface area contributed by atoms with Crippen LogP contribution < -0.4 is 5.32 Å². The van der Waals surface area contributed by atoms with Gasteiger partial charge in [-0.25, -0.2) is 0 Å². The molecule has 1 saturated carbocycles. The summed E-state index contributed by atoms with van der Waals surface area (Å²) in [5.41, 5.74) is 1.48. The maximum atomic E-state index is 3.62. The van der Waals surface area contributed by atoms with Crippen LogP contribution in [0.4, 0.5) is 0 Å². The molecule has 0 radical (unpaired) electrons. The van der Waals surface area contributed by atoms with Gasteiger partial charge in [0.1, 0.15) is 0 Å². The number of nitrogens with one attached hydrogen (secondary N) is 1. The summed E-state index contributed by atoms with van der Waals surface area (Å²) in [4.78, 5) is 0. The van der Waals surface area contributed by atoms with E-state index in [-0.39, 0.29) is 0 Å². The highest BCUT2D eigenvalue weighted by Crippen LogP contribution is 2.34. The van der Waals surface area contributed by atoms with Crippen molar-refractivity contribution in [3.8, 4) is 0 Å². The second-order valence-electron chi connectivity index (χ2n) is 4.67. The number of aryl methyl sites for hydroxylation is 1. The normalized spacial score (nSPS) is 17.4. The molecule has 0 heterocycles. The summed E-state index contributed by atoms with van der Waals surface area (Å²) in [6, 6.07) is 9.68. The van der Waals surface area contributed by atoms with Gasteiger partial charge >= 0.3 is 0 Å². The Labute approximate surface area is 112 Å². The van der Waals surface area contributed by atoms with Gasteiger partial charge in [0, 0.05) is 9.61 Å². The molecule has 1 aliphatic carbocycles. The minimum atomic E-state index is 0.754. The Kier molecular flexibility index (Phi) is 4.65. The van der Waals surface area contributed by atoms with Crippen molar-refractivity contribution in [3.05, 3.63) is 33.4 Å². The van der Waals surface area contributed by atoms with Crippen LogP contribution in [0.2, 0.25) is 0 Å². The monoisotopic (exact) mass is 329 g/mol. The summed E-state index contributed by atoms with van der Waals surface area (Å²) in [7, 11) is 0. The number of hydrogen-bond acceptors (Lipinski definition) is 1. The molecule has 0 bridgehead atoms. The third-order valence-corrected chi connectivity index (χ3v) is 4.03. The van der Waals surface area contributed by atoms with E-state index in [2.05, 4.69) is 59.1 Å². The van der Waals surface area contributed by atoms with Gasteiger partial charge in [-0.3, -0.25) is 0 Å². The maximum absolute atomic E-state index is 3.62. The SMILES string of the molecule is CCNC(CCc1ccc(I)cc1)C1CC1. The molecule has 88 valence electrons. The molecular weight excluding hydrogens is 309 g/mol. The van der Waals surface area contributed by atoms with E-state index in [4.69, 9.17) is 0 Å². The minimum Gasteiger partial charge on any atom is -0.314 e. The Morgan fingerprint density at radius 2 is 2.00 bits per heavy atom. The predicted molar refractivity (Wildman–Crippen MR) is 77.7 cm³/mol. The lowest BCUT2D eigenvalue weighted by atomic mass is 10.0. The number of hydrogen-bond donors (Lipinski definition) is 1. The molecule has 16 heavy (non-hydrogen) atoms. The molecule has 1 nitrogen and oxygen atoms in total. The van der Waals surface area contributed by atoms with E-state index in [0.29, 0.717) is 0 Å². The molecule has 2 rings (SSSR count). The molecule has 0 spiro atoms. The number of rotatable bonds is 6. The van der Waals surface area contributed by atoms with E-state index < -0.39 is 0 Å². The van der Waals surface area contributed by atoms with Crippen LogP contribution in [0.1, 0.15) is 31.7 Å². The van der Waals surface area contributed by atoms with Gasteiger partial charge in [0.2, 0.25) is 0 Å². The predicted octanol–water partition coefficient (Wildman–Crippen LogP) is 3.61. The van der Waals surface area contributed by atoms with Gasteiger partial charge in [-0.2, -0.15) is 0 Å². The fourth-order valence-electron chi connectivity index (χ4n) is 2.24. The van der Waals surface area contributed by atoms with Crippen LogP contribution >= 0.6 is 22.6 Å². The zero-order valence-corrected chi connectivity index (χ0v) is 12.0. The standard InChI is InChI=1S/C14H20IN/c1-2-16-14(12-6-7-12)10-5-11-3-8-13(15)9-4-11/h3-4,8-9,12,14,16H,2,5-7,10H2,1H3. The summed E-state index contributed by atoms with van der Waals surface area (Å²) >= 11 is 2.36. The van der Waals surface area contributed by atoms with Gasteiger partial charge in [0.15, 0.2) is 0 Å². The Bertz CT molecular complexity index is 316. The topological polar surface area (TPSA) is 12.0 Å². The minimum absolute atomic E-state index is 0.754. The Hall–Kier alpha value is -0.0900. The fraction of sp³-hybridized carbons (Fsp3) is 0.571. The Morgan fingerprint density at radius 1 is 1.31 bits per heavy atom. The van der Waals surface area contributed by atoms with Crippen LogP contribution in [0.3, 0.4) is 0 Å². The van der Waals surface area contributed by atoms with Crippen molar-refractivity contribution >= 4 is 22.6 Å². The van der Waals surface area contributed by atoms with E-state index in [1.807, 2.05) is 0 Å². The highest BCUT2D eigenvalue weighted by Gasteiger charge is 2.29. The smallest absolute Gasteiger partial charge is 0.0130 e. The number of benzene rings is 1. The molecule has 1 aromatic rings. The van der Waals surface area contributed by atoms with E-state index in [1.165, 1.54) is 34.8 Å².